The summed E-state index contributed by atoms with van der Waals surface area (Å²) in [6.45, 7) is 4.35. The number of hydrazone groups is 1. The molecule has 2 aromatic carbocycles. The summed E-state index contributed by atoms with van der Waals surface area (Å²) in [5.74, 6) is -0.166. The smallest absolute Gasteiger partial charge is 0.417 e. The van der Waals surface area contributed by atoms with Crippen LogP contribution in [0.4, 0.5) is 16.2 Å². The van der Waals surface area contributed by atoms with E-state index >= 15 is 0 Å². The monoisotopic (exact) mass is 466 g/mol. The van der Waals surface area contributed by atoms with Crippen molar-refractivity contribution >= 4 is 35.1 Å². The summed E-state index contributed by atoms with van der Waals surface area (Å²) in [5, 5.41) is 11.4. The van der Waals surface area contributed by atoms with Gasteiger partial charge in [-0.05, 0) is 60.5 Å². The molecule has 1 aliphatic heterocycles. The first-order chi connectivity index (χ1) is 16.4. The number of esters is 1. The van der Waals surface area contributed by atoms with Crippen LogP contribution >= 0.6 is 0 Å². The van der Waals surface area contributed by atoms with Crippen molar-refractivity contribution in [1.29, 1.82) is 0 Å². The number of anilines is 1. The van der Waals surface area contributed by atoms with Crippen LogP contribution in [0.3, 0.4) is 0 Å². The van der Waals surface area contributed by atoms with Gasteiger partial charge in [-0.2, -0.15) is 5.10 Å². The summed E-state index contributed by atoms with van der Waals surface area (Å²) in [5.41, 5.74) is 2.34. The van der Waals surface area contributed by atoms with E-state index in [1.165, 1.54) is 29.3 Å². The molecular formula is C24H26N4O6. The average molecular weight is 466 g/mol. The Morgan fingerprint density at radius 1 is 1.15 bits per heavy atom. The van der Waals surface area contributed by atoms with Gasteiger partial charge in [0.05, 0.1) is 12.3 Å². The highest BCUT2D eigenvalue weighted by Gasteiger charge is 2.27. The first kappa shape index (κ1) is 24.6. The molecule has 1 atom stereocenters. The van der Waals surface area contributed by atoms with E-state index in [2.05, 4.69) is 15.6 Å². The van der Waals surface area contributed by atoms with Gasteiger partial charge in [-0.1, -0.05) is 19.1 Å². The largest absolute Gasteiger partial charge is 0.466 e. The molecular weight excluding hydrogens is 440 g/mol. The SMILES string of the molecule is CCOC(=O)CCCN1N=C(c2ccc(NC(=O)Oc3ccc(N=O)cc3)cc2)C(C)CC1=O. The number of benzene rings is 2. The van der Waals surface area contributed by atoms with Crippen LogP contribution in [0.15, 0.2) is 58.8 Å². The Hall–Kier alpha value is -4.08. The first-order valence-corrected chi connectivity index (χ1v) is 11.0. The first-order valence-electron chi connectivity index (χ1n) is 11.0. The third kappa shape index (κ3) is 6.71. The third-order valence-electron chi connectivity index (χ3n) is 5.10. The van der Waals surface area contributed by atoms with Crippen molar-refractivity contribution in [2.45, 2.75) is 33.1 Å². The number of nitroso groups, excluding NO2 is 1. The van der Waals surface area contributed by atoms with Crippen LogP contribution in [-0.4, -0.2) is 41.8 Å². The lowest BCUT2D eigenvalue weighted by Gasteiger charge is -2.27. The van der Waals surface area contributed by atoms with Gasteiger partial charge >= 0.3 is 12.1 Å². The maximum absolute atomic E-state index is 12.4. The fourth-order valence-electron chi connectivity index (χ4n) is 3.42. The predicted molar refractivity (Wildman–Crippen MR) is 126 cm³/mol. The van der Waals surface area contributed by atoms with E-state index in [0.717, 1.165) is 11.3 Å². The van der Waals surface area contributed by atoms with Crippen LogP contribution in [0.5, 0.6) is 5.75 Å². The van der Waals surface area contributed by atoms with Crippen molar-refractivity contribution in [3.63, 3.8) is 0 Å². The van der Waals surface area contributed by atoms with E-state index < -0.39 is 6.09 Å². The number of nitrogens with zero attached hydrogens (tertiary/aromatic N) is 3. The van der Waals surface area contributed by atoms with Gasteiger partial charge in [-0.15, -0.1) is 4.91 Å². The van der Waals surface area contributed by atoms with E-state index in [1.807, 2.05) is 19.1 Å². The van der Waals surface area contributed by atoms with Crippen LogP contribution in [0, 0.1) is 10.8 Å². The molecule has 10 heteroatoms. The topological polar surface area (TPSA) is 127 Å². The van der Waals surface area contributed by atoms with Crippen molar-refractivity contribution in [3.8, 4) is 5.75 Å². The summed E-state index contributed by atoms with van der Waals surface area (Å²) < 4.78 is 10.1. The number of carbonyl (C=O) groups excluding carboxylic acids is 3. The second-order valence-electron chi connectivity index (χ2n) is 7.69. The Labute approximate surface area is 196 Å². The molecule has 2 aromatic rings. The Balaban J connectivity index is 1.61. The second kappa shape index (κ2) is 11.7. The molecule has 1 heterocycles. The summed E-state index contributed by atoms with van der Waals surface area (Å²) in [6.07, 6.45) is 0.339. The maximum atomic E-state index is 12.4. The lowest BCUT2D eigenvalue weighted by molar-refractivity contribution is -0.143. The van der Waals surface area contributed by atoms with Gasteiger partial charge in [0.1, 0.15) is 11.4 Å². The molecule has 0 aromatic heterocycles. The summed E-state index contributed by atoms with van der Waals surface area (Å²) in [4.78, 5) is 46.5. The minimum absolute atomic E-state index is 0.0681. The van der Waals surface area contributed by atoms with E-state index in [0.29, 0.717) is 31.7 Å². The lowest BCUT2D eigenvalue weighted by atomic mass is 9.93. The van der Waals surface area contributed by atoms with E-state index in [9.17, 15) is 19.3 Å². The molecule has 1 unspecified atom stereocenters. The van der Waals surface area contributed by atoms with Gasteiger partial charge in [0.25, 0.3) is 0 Å². The van der Waals surface area contributed by atoms with Crippen LogP contribution in [-0.2, 0) is 14.3 Å². The Bertz CT molecular complexity index is 1070. The van der Waals surface area contributed by atoms with Gasteiger partial charge in [0, 0.05) is 31.0 Å². The second-order valence-corrected chi connectivity index (χ2v) is 7.69. The normalized spacial score (nSPS) is 15.4. The summed E-state index contributed by atoms with van der Waals surface area (Å²) >= 11 is 0. The molecule has 0 aliphatic carbocycles. The molecule has 0 fully saturated rings. The number of carbonyl (C=O) groups is 3. The van der Waals surface area contributed by atoms with Gasteiger partial charge in [0.2, 0.25) is 5.91 Å². The number of amides is 2. The number of ether oxygens (including phenoxy) is 2. The summed E-state index contributed by atoms with van der Waals surface area (Å²) in [7, 11) is 0. The number of rotatable bonds is 9. The third-order valence-corrected chi connectivity index (χ3v) is 5.10. The molecule has 0 spiro atoms. The average Bonchev–Trinajstić information content (AvgIpc) is 2.82. The van der Waals surface area contributed by atoms with Gasteiger partial charge < -0.3 is 9.47 Å². The van der Waals surface area contributed by atoms with Crippen LogP contribution in [0.25, 0.3) is 0 Å². The molecule has 0 saturated carbocycles. The van der Waals surface area contributed by atoms with Crippen molar-refractivity contribution in [2.24, 2.45) is 16.2 Å². The molecule has 3 rings (SSSR count). The van der Waals surface area contributed by atoms with Crippen molar-refractivity contribution in [3.05, 3.63) is 59.0 Å². The number of nitrogens with one attached hydrogen (secondary N) is 1. The van der Waals surface area contributed by atoms with Gasteiger partial charge in [0.15, 0.2) is 0 Å². The molecule has 1 N–H and O–H groups in total. The van der Waals surface area contributed by atoms with E-state index in [1.54, 1.807) is 19.1 Å². The fourth-order valence-corrected chi connectivity index (χ4v) is 3.42. The lowest BCUT2D eigenvalue weighted by Crippen LogP contribution is -2.37. The number of hydrogen-bond donors (Lipinski definition) is 1. The van der Waals surface area contributed by atoms with Crippen LogP contribution in [0.2, 0.25) is 0 Å². The van der Waals surface area contributed by atoms with Crippen LogP contribution < -0.4 is 10.1 Å². The standard InChI is InChI=1S/C24H26N4O6/c1-3-33-22(30)5-4-14-28-21(29)15-16(2)23(26-28)17-6-8-18(9-7-17)25-24(31)34-20-12-10-19(27-32)11-13-20/h6-13,16H,3-5,14-15H2,1-2H3,(H,25,31). The molecule has 2 amide bonds. The van der Waals surface area contributed by atoms with Gasteiger partial charge in [-0.25, -0.2) is 9.80 Å². The van der Waals surface area contributed by atoms with Crippen LogP contribution in [0.1, 0.15) is 38.7 Å². The Morgan fingerprint density at radius 2 is 1.85 bits per heavy atom. The fraction of sp³-hybridized carbons (Fsp3) is 0.333. The minimum atomic E-state index is -0.679. The number of hydrogen-bond acceptors (Lipinski definition) is 8. The zero-order valence-electron chi connectivity index (χ0n) is 19.0. The molecule has 10 nitrogen and oxygen atoms in total. The quantitative estimate of drug-likeness (QED) is 0.425. The Morgan fingerprint density at radius 3 is 2.50 bits per heavy atom. The predicted octanol–water partition coefficient (Wildman–Crippen LogP) is 4.61. The molecule has 34 heavy (non-hydrogen) atoms. The zero-order valence-corrected chi connectivity index (χ0v) is 19.0. The minimum Gasteiger partial charge on any atom is -0.466 e. The van der Waals surface area contributed by atoms with Crippen molar-refractivity contribution in [2.75, 3.05) is 18.5 Å². The molecule has 0 bridgehead atoms. The van der Waals surface area contributed by atoms with Crippen molar-refractivity contribution in [1.82, 2.24) is 5.01 Å². The molecule has 178 valence electrons. The van der Waals surface area contributed by atoms with Gasteiger partial charge in [-0.3, -0.25) is 14.9 Å². The Kier molecular flexibility index (Phi) is 8.44. The highest BCUT2D eigenvalue weighted by atomic mass is 16.6. The van der Waals surface area contributed by atoms with Crippen molar-refractivity contribution < 1.29 is 23.9 Å². The summed E-state index contributed by atoms with van der Waals surface area (Å²) in [6, 6.07) is 12.9. The highest BCUT2D eigenvalue weighted by molar-refractivity contribution is 6.06. The molecule has 0 saturated heterocycles. The zero-order chi connectivity index (χ0) is 24.5. The van der Waals surface area contributed by atoms with E-state index in [-0.39, 0.29) is 35.7 Å². The molecule has 0 radical (unpaired) electrons. The maximum Gasteiger partial charge on any atom is 0.417 e. The van der Waals surface area contributed by atoms with E-state index in [4.69, 9.17) is 9.47 Å². The highest BCUT2D eigenvalue weighted by Crippen LogP contribution is 2.23. The molecule has 1 aliphatic rings.